The predicted molar refractivity (Wildman–Crippen MR) is 85.9 cm³/mol. The number of benzene rings is 1. The molecule has 0 saturated carbocycles. The summed E-state index contributed by atoms with van der Waals surface area (Å²) >= 11 is 0. The Hall–Kier alpha value is -1.53. The van der Waals surface area contributed by atoms with E-state index in [2.05, 4.69) is 12.2 Å². The summed E-state index contributed by atoms with van der Waals surface area (Å²) in [6, 6.07) is 4.82. The number of sulfonamides is 1. The lowest BCUT2D eigenvalue weighted by Crippen LogP contribution is -2.28. The summed E-state index contributed by atoms with van der Waals surface area (Å²) < 4.78 is 37.7. The van der Waals surface area contributed by atoms with Crippen molar-refractivity contribution in [1.29, 1.82) is 0 Å². The quantitative estimate of drug-likeness (QED) is 0.745. The Kier molecular flexibility index (Phi) is 5.85. The van der Waals surface area contributed by atoms with E-state index in [9.17, 15) is 8.42 Å². The van der Waals surface area contributed by atoms with E-state index in [0.29, 0.717) is 24.7 Å². The normalized spacial score (nSPS) is 19.9. The average Bonchev–Trinajstić information content (AvgIpc) is 2.52. The van der Waals surface area contributed by atoms with Gasteiger partial charge in [-0.2, -0.15) is 0 Å². The van der Waals surface area contributed by atoms with Gasteiger partial charge in [0.25, 0.3) is 0 Å². The van der Waals surface area contributed by atoms with Crippen molar-refractivity contribution < 1.29 is 17.9 Å². The summed E-state index contributed by atoms with van der Waals surface area (Å²) in [5, 5.41) is 0. The number of hydrogen-bond donors (Lipinski definition) is 0. The molecule has 22 heavy (non-hydrogen) atoms. The molecule has 0 amide bonds. The van der Waals surface area contributed by atoms with Gasteiger partial charge in [0.1, 0.15) is 16.4 Å². The topological polar surface area (TPSA) is 55.8 Å². The zero-order valence-corrected chi connectivity index (χ0v) is 13.9. The van der Waals surface area contributed by atoms with Gasteiger partial charge in [0.2, 0.25) is 10.0 Å². The third-order valence-electron chi connectivity index (χ3n) is 3.64. The molecule has 0 unspecified atom stereocenters. The highest BCUT2D eigenvalue weighted by molar-refractivity contribution is 7.89. The fourth-order valence-corrected chi connectivity index (χ4v) is 3.62. The van der Waals surface area contributed by atoms with E-state index in [-0.39, 0.29) is 4.90 Å². The van der Waals surface area contributed by atoms with Gasteiger partial charge in [0.05, 0.1) is 13.7 Å². The van der Waals surface area contributed by atoms with Gasteiger partial charge in [0.15, 0.2) is 0 Å². The van der Waals surface area contributed by atoms with E-state index in [1.54, 1.807) is 32.4 Å². The SMILES string of the molecule is COc1ccc2c(c1)OCCC=CCCCCN(C)S2(=O)=O. The second-order valence-corrected chi connectivity index (χ2v) is 7.26. The molecule has 5 nitrogen and oxygen atoms in total. The minimum Gasteiger partial charge on any atom is -0.497 e. The van der Waals surface area contributed by atoms with Crippen LogP contribution in [-0.4, -0.2) is 40.0 Å². The van der Waals surface area contributed by atoms with Gasteiger partial charge in [-0.1, -0.05) is 12.2 Å². The van der Waals surface area contributed by atoms with Crippen LogP contribution in [0.4, 0.5) is 0 Å². The van der Waals surface area contributed by atoms with E-state index in [1.165, 1.54) is 4.31 Å². The first-order valence-electron chi connectivity index (χ1n) is 7.48. The van der Waals surface area contributed by atoms with Crippen LogP contribution in [0.1, 0.15) is 25.7 Å². The Balaban J connectivity index is 2.38. The number of rotatable bonds is 1. The van der Waals surface area contributed by atoms with Crippen LogP contribution < -0.4 is 9.47 Å². The number of methoxy groups -OCH3 is 1. The second-order valence-electron chi connectivity index (χ2n) is 5.24. The Labute approximate surface area is 132 Å². The molecule has 122 valence electrons. The number of fused-ring (bicyclic) bond motifs is 1. The number of hydrogen-bond acceptors (Lipinski definition) is 4. The fourth-order valence-electron chi connectivity index (χ4n) is 2.30. The first-order valence-corrected chi connectivity index (χ1v) is 8.92. The third kappa shape index (κ3) is 4.01. The van der Waals surface area contributed by atoms with Crippen molar-refractivity contribution in [3.8, 4) is 11.5 Å². The minimum absolute atomic E-state index is 0.194. The molecule has 0 radical (unpaired) electrons. The van der Waals surface area contributed by atoms with Crippen LogP contribution in [0.3, 0.4) is 0 Å². The first kappa shape index (κ1) is 16.8. The highest BCUT2D eigenvalue weighted by atomic mass is 32.2. The monoisotopic (exact) mass is 325 g/mol. The van der Waals surface area contributed by atoms with Crippen molar-refractivity contribution in [1.82, 2.24) is 4.31 Å². The van der Waals surface area contributed by atoms with Crippen LogP contribution in [0.15, 0.2) is 35.2 Å². The summed E-state index contributed by atoms with van der Waals surface area (Å²) in [4.78, 5) is 0.194. The molecule has 0 saturated heterocycles. The lowest BCUT2D eigenvalue weighted by Gasteiger charge is -2.19. The van der Waals surface area contributed by atoms with Crippen molar-refractivity contribution in [2.24, 2.45) is 0 Å². The zero-order valence-electron chi connectivity index (χ0n) is 13.1. The molecular formula is C16H23NO4S. The highest BCUT2D eigenvalue weighted by Gasteiger charge is 2.25. The molecule has 1 aromatic rings. The summed E-state index contributed by atoms with van der Waals surface area (Å²) in [7, 11) is -0.396. The fraction of sp³-hybridized carbons (Fsp3) is 0.500. The van der Waals surface area contributed by atoms with E-state index >= 15 is 0 Å². The van der Waals surface area contributed by atoms with Crippen molar-refractivity contribution in [2.45, 2.75) is 30.6 Å². The van der Waals surface area contributed by atoms with Gasteiger partial charge in [-0.3, -0.25) is 0 Å². The smallest absolute Gasteiger partial charge is 0.246 e. The molecule has 2 rings (SSSR count). The van der Waals surface area contributed by atoms with Crippen LogP contribution >= 0.6 is 0 Å². The molecule has 0 spiro atoms. The largest absolute Gasteiger partial charge is 0.497 e. The maximum atomic E-state index is 12.7. The zero-order chi connectivity index (χ0) is 16.0. The van der Waals surface area contributed by atoms with Gasteiger partial charge in [-0.15, -0.1) is 0 Å². The van der Waals surface area contributed by atoms with Crippen LogP contribution in [0, 0.1) is 0 Å². The maximum Gasteiger partial charge on any atom is 0.246 e. The van der Waals surface area contributed by atoms with E-state index in [1.807, 2.05) is 0 Å². The Morgan fingerprint density at radius 2 is 1.95 bits per heavy atom. The van der Waals surface area contributed by atoms with E-state index in [4.69, 9.17) is 9.47 Å². The van der Waals surface area contributed by atoms with E-state index < -0.39 is 10.0 Å². The molecule has 1 aliphatic heterocycles. The van der Waals surface area contributed by atoms with Gasteiger partial charge in [-0.25, -0.2) is 12.7 Å². The Morgan fingerprint density at radius 3 is 2.73 bits per heavy atom. The molecule has 0 fully saturated rings. The molecule has 0 aromatic heterocycles. The van der Waals surface area contributed by atoms with Gasteiger partial charge in [0, 0.05) is 19.7 Å². The maximum absolute atomic E-state index is 12.7. The van der Waals surface area contributed by atoms with E-state index in [0.717, 1.165) is 25.7 Å². The number of nitrogens with zero attached hydrogens (tertiary/aromatic N) is 1. The summed E-state index contributed by atoms with van der Waals surface area (Å²) in [6.07, 6.45) is 7.75. The second kappa shape index (κ2) is 7.65. The van der Waals surface area contributed by atoms with Crippen molar-refractivity contribution in [2.75, 3.05) is 27.3 Å². The molecule has 0 atom stereocenters. The molecule has 6 heteroatoms. The highest BCUT2D eigenvalue weighted by Crippen LogP contribution is 2.31. The molecule has 0 bridgehead atoms. The lowest BCUT2D eigenvalue weighted by atomic mass is 10.2. The third-order valence-corrected chi connectivity index (χ3v) is 5.54. The molecule has 1 heterocycles. The molecular weight excluding hydrogens is 302 g/mol. The van der Waals surface area contributed by atoms with Crippen LogP contribution in [0.5, 0.6) is 11.5 Å². The first-order chi connectivity index (χ1) is 10.6. The summed E-state index contributed by atoms with van der Waals surface area (Å²) in [5.74, 6) is 0.926. The van der Waals surface area contributed by atoms with Gasteiger partial charge < -0.3 is 9.47 Å². The van der Waals surface area contributed by atoms with Gasteiger partial charge in [-0.05, 0) is 37.8 Å². The van der Waals surface area contributed by atoms with Crippen molar-refractivity contribution in [3.63, 3.8) is 0 Å². The van der Waals surface area contributed by atoms with Crippen LogP contribution in [0.2, 0.25) is 0 Å². The van der Waals surface area contributed by atoms with Crippen LogP contribution in [-0.2, 0) is 10.0 Å². The average molecular weight is 325 g/mol. The predicted octanol–water partition coefficient (Wildman–Crippen LogP) is 2.82. The Bertz CT molecular complexity index is 625. The number of ether oxygens (including phenoxy) is 2. The lowest BCUT2D eigenvalue weighted by molar-refractivity contribution is 0.312. The molecule has 1 aliphatic rings. The molecule has 0 aliphatic carbocycles. The standard InChI is InChI=1S/C16H23NO4S/c1-17-11-7-5-3-4-6-8-12-21-15-13-14(20-2)9-10-16(15)22(17,18)19/h4,6,9-10,13H,3,5,7-8,11-12H2,1-2H3. The van der Waals surface area contributed by atoms with Gasteiger partial charge >= 0.3 is 0 Å². The van der Waals surface area contributed by atoms with Crippen LogP contribution in [0.25, 0.3) is 0 Å². The molecule has 1 aromatic carbocycles. The Morgan fingerprint density at radius 1 is 1.18 bits per heavy atom. The summed E-state index contributed by atoms with van der Waals surface area (Å²) in [5.41, 5.74) is 0. The summed E-state index contributed by atoms with van der Waals surface area (Å²) in [6.45, 7) is 0.942. The van der Waals surface area contributed by atoms with Crippen molar-refractivity contribution >= 4 is 10.0 Å². The molecule has 0 N–H and O–H groups in total. The van der Waals surface area contributed by atoms with Crippen molar-refractivity contribution in [3.05, 3.63) is 30.4 Å². The number of allylic oxidation sites excluding steroid dienone is 1. The minimum atomic E-state index is -3.55.